The summed E-state index contributed by atoms with van der Waals surface area (Å²) in [5.41, 5.74) is 4.96. The number of para-hydroxylation sites is 1. The van der Waals surface area contributed by atoms with Crippen LogP contribution < -0.4 is 10.6 Å². The maximum Gasteiger partial charge on any atom is 0.237 e. The van der Waals surface area contributed by atoms with E-state index in [1.165, 1.54) is 11.8 Å². The zero-order valence-electron chi connectivity index (χ0n) is 16.6. The van der Waals surface area contributed by atoms with Crippen LogP contribution in [-0.2, 0) is 9.59 Å². The quantitative estimate of drug-likeness (QED) is 0.696. The smallest absolute Gasteiger partial charge is 0.237 e. The molecule has 2 aromatic rings. The summed E-state index contributed by atoms with van der Waals surface area (Å²) in [7, 11) is 0. The van der Waals surface area contributed by atoms with E-state index >= 15 is 0 Å². The van der Waals surface area contributed by atoms with Crippen molar-refractivity contribution in [2.24, 2.45) is 0 Å². The second-order valence-corrected chi connectivity index (χ2v) is 8.38. The summed E-state index contributed by atoms with van der Waals surface area (Å²) < 4.78 is 0. The van der Waals surface area contributed by atoms with Gasteiger partial charge in [-0.3, -0.25) is 9.59 Å². The number of aryl methyl sites for hydroxylation is 2. The molecule has 1 unspecified atom stereocenters. The molecule has 0 saturated heterocycles. The molecule has 0 fully saturated rings. The lowest BCUT2D eigenvalue weighted by Gasteiger charge is -2.18. The number of benzene rings is 2. The standard InChI is InChI=1S/C22H28N2O2S/c1-14(2)19-8-6-7-16(4)21(19)24-22(26)17(5)27-13-20(25)23-18-11-9-15(3)10-12-18/h6-12,14,17H,13H2,1-5H3,(H,23,25)(H,24,26). The van der Waals surface area contributed by atoms with E-state index in [9.17, 15) is 9.59 Å². The van der Waals surface area contributed by atoms with Crippen molar-refractivity contribution in [3.63, 3.8) is 0 Å². The molecule has 0 aromatic heterocycles. The molecule has 2 aromatic carbocycles. The molecule has 0 aliphatic carbocycles. The third-order valence-electron chi connectivity index (χ3n) is 4.34. The number of carbonyl (C=O) groups excluding carboxylic acids is 2. The fraction of sp³-hybridized carbons (Fsp3) is 0.364. The Kier molecular flexibility index (Phi) is 7.48. The molecule has 2 rings (SSSR count). The summed E-state index contributed by atoms with van der Waals surface area (Å²) in [5, 5.41) is 5.58. The summed E-state index contributed by atoms with van der Waals surface area (Å²) in [5.74, 6) is 0.359. The SMILES string of the molecule is Cc1ccc(NC(=O)CSC(C)C(=O)Nc2c(C)cccc2C(C)C)cc1. The van der Waals surface area contributed by atoms with E-state index in [0.717, 1.165) is 28.1 Å². The molecule has 0 heterocycles. The molecule has 1 atom stereocenters. The summed E-state index contributed by atoms with van der Waals surface area (Å²) in [6.45, 7) is 10.0. The molecule has 4 nitrogen and oxygen atoms in total. The third kappa shape index (κ3) is 6.14. The van der Waals surface area contributed by atoms with Crippen molar-refractivity contribution in [2.75, 3.05) is 16.4 Å². The van der Waals surface area contributed by atoms with Crippen molar-refractivity contribution >= 4 is 35.0 Å². The van der Waals surface area contributed by atoms with Gasteiger partial charge in [-0.25, -0.2) is 0 Å². The predicted molar refractivity (Wildman–Crippen MR) is 116 cm³/mol. The lowest BCUT2D eigenvalue weighted by molar-refractivity contribution is -0.115. The molecular formula is C22H28N2O2S. The van der Waals surface area contributed by atoms with Crippen LogP contribution in [0.5, 0.6) is 0 Å². The van der Waals surface area contributed by atoms with E-state index in [-0.39, 0.29) is 22.8 Å². The Morgan fingerprint density at radius 1 is 0.963 bits per heavy atom. The summed E-state index contributed by atoms with van der Waals surface area (Å²) >= 11 is 1.33. The van der Waals surface area contributed by atoms with Gasteiger partial charge in [0.15, 0.2) is 0 Å². The summed E-state index contributed by atoms with van der Waals surface area (Å²) in [4.78, 5) is 24.7. The van der Waals surface area contributed by atoms with Gasteiger partial charge in [0.2, 0.25) is 11.8 Å². The van der Waals surface area contributed by atoms with Gasteiger partial charge in [0.05, 0.1) is 11.0 Å². The highest BCUT2D eigenvalue weighted by Crippen LogP contribution is 2.28. The first kappa shape index (κ1) is 21.0. The molecule has 0 radical (unpaired) electrons. The average Bonchev–Trinajstić information content (AvgIpc) is 2.63. The number of carbonyl (C=O) groups is 2. The monoisotopic (exact) mass is 384 g/mol. The lowest BCUT2D eigenvalue weighted by Crippen LogP contribution is -2.26. The number of hydrogen-bond donors (Lipinski definition) is 2. The Labute approximate surface area is 166 Å². The van der Waals surface area contributed by atoms with E-state index in [1.54, 1.807) is 0 Å². The van der Waals surface area contributed by atoms with Crippen LogP contribution in [0.4, 0.5) is 11.4 Å². The van der Waals surface area contributed by atoms with Crippen molar-refractivity contribution in [3.8, 4) is 0 Å². The van der Waals surface area contributed by atoms with Gasteiger partial charge >= 0.3 is 0 Å². The van der Waals surface area contributed by atoms with Crippen LogP contribution >= 0.6 is 11.8 Å². The predicted octanol–water partition coefficient (Wildman–Crippen LogP) is 5.13. The first-order valence-corrected chi connectivity index (χ1v) is 10.2. The van der Waals surface area contributed by atoms with E-state index in [4.69, 9.17) is 0 Å². The Balaban J connectivity index is 1.90. The molecule has 27 heavy (non-hydrogen) atoms. The van der Waals surface area contributed by atoms with Gasteiger partial charge in [0, 0.05) is 11.4 Å². The van der Waals surface area contributed by atoms with Gasteiger partial charge < -0.3 is 10.6 Å². The lowest BCUT2D eigenvalue weighted by atomic mass is 9.98. The Bertz CT molecular complexity index is 800. The van der Waals surface area contributed by atoms with E-state index < -0.39 is 0 Å². The molecule has 0 spiro atoms. The van der Waals surface area contributed by atoms with Crippen LogP contribution in [0.15, 0.2) is 42.5 Å². The van der Waals surface area contributed by atoms with Crippen molar-refractivity contribution < 1.29 is 9.59 Å². The van der Waals surface area contributed by atoms with Gasteiger partial charge in [-0.05, 0) is 49.9 Å². The second-order valence-electron chi connectivity index (χ2n) is 7.05. The van der Waals surface area contributed by atoms with Crippen LogP contribution in [-0.4, -0.2) is 22.8 Å². The molecule has 0 aliphatic heterocycles. The number of anilines is 2. The van der Waals surface area contributed by atoms with Gasteiger partial charge in [-0.15, -0.1) is 11.8 Å². The maximum atomic E-state index is 12.6. The average molecular weight is 385 g/mol. The fourth-order valence-corrected chi connectivity index (χ4v) is 3.36. The summed E-state index contributed by atoms with van der Waals surface area (Å²) in [6.07, 6.45) is 0. The second kappa shape index (κ2) is 9.60. The first-order valence-electron chi connectivity index (χ1n) is 9.16. The number of thioether (sulfide) groups is 1. The van der Waals surface area contributed by atoms with Crippen molar-refractivity contribution in [1.82, 2.24) is 0 Å². The van der Waals surface area contributed by atoms with Crippen molar-refractivity contribution in [2.45, 2.75) is 45.8 Å². The maximum absolute atomic E-state index is 12.6. The zero-order valence-corrected chi connectivity index (χ0v) is 17.4. The number of rotatable bonds is 7. The zero-order chi connectivity index (χ0) is 20.0. The molecule has 2 N–H and O–H groups in total. The molecular weight excluding hydrogens is 356 g/mol. The normalized spacial score (nSPS) is 11.9. The number of nitrogens with one attached hydrogen (secondary N) is 2. The van der Waals surface area contributed by atoms with Crippen LogP contribution in [0.3, 0.4) is 0 Å². The largest absolute Gasteiger partial charge is 0.325 e. The molecule has 0 bridgehead atoms. The molecule has 5 heteroatoms. The molecule has 2 amide bonds. The van der Waals surface area contributed by atoms with Crippen LogP contribution in [0.2, 0.25) is 0 Å². The first-order chi connectivity index (χ1) is 12.8. The molecule has 0 aliphatic rings. The van der Waals surface area contributed by atoms with Crippen molar-refractivity contribution in [3.05, 3.63) is 59.2 Å². The molecule has 0 saturated carbocycles. The Hall–Kier alpha value is -2.27. The minimum Gasteiger partial charge on any atom is -0.325 e. The minimum absolute atomic E-state index is 0.0839. The van der Waals surface area contributed by atoms with E-state index in [2.05, 4.69) is 24.5 Å². The third-order valence-corrected chi connectivity index (χ3v) is 5.49. The van der Waals surface area contributed by atoms with Crippen LogP contribution in [0.1, 0.15) is 43.4 Å². The van der Waals surface area contributed by atoms with Gasteiger partial charge in [-0.2, -0.15) is 0 Å². The van der Waals surface area contributed by atoms with Gasteiger partial charge in [-0.1, -0.05) is 49.7 Å². The molecule has 144 valence electrons. The highest BCUT2D eigenvalue weighted by atomic mass is 32.2. The highest BCUT2D eigenvalue weighted by Gasteiger charge is 2.18. The van der Waals surface area contributed by atoms with Crippen LogP contribution in [0.25, 0.3) is 0 Å². The summed E-state index contributed by atoms with van der Waals surface area (Å²) in [6, 6.07) is 13.7. The Morgan fingerprint density at radius 3 is 2.26 bits per heavy atom. The number of hydrogen-bond acceptors (Lipinski definition) is 3. The number of amides is 2. The van der Waals surface area contributed by atoms with E-state index in [0.29, 0.717) is 5.92 Å². The van der Waals surface area contributed by atoms with Crippen LogP contribution in [0, 0.1) is 13.8 Å². The minimum atomic E-state index is -0.326. The fourth-order valence-electron chi connectivity index (χ4n) is 2.68. The van der Waals surface area contributed by atoms with Gasteiger partial charge in [0.1, 0.15) is 0 Å². The van der Waals surface area contributed by atoms with E-state index in [1.807, 2.05) is 63.2 Å². The van der Waals surface area contributed by atoms with Gasteiger partial charge in [0.25, 0.3) is 0 Å². The topological polar surface area (TPSA) is 58.2 Å². The Morgan fingerprint density at radius 2 is 1.63 bits per heavy atom. The van der Waals surface area contributed by atoms with Crippen molar-refractivity contribution in [1.29, 1.82) is 0 Å². The highest BCUT2D eigenvalue weighted by molar-refractivity contribution is 8.01.